The number of rotatable bonds is 7. The van der Waals surface area contributed by atoms with Crippen LogP contribution in [0.5, 0.6) is 0 Å². The second kappa shape index (κ2) is 5.81. The third kappa shape index (κ3) is 5.11. The fourth-order valence-electron chi connectivity index (χ4n) is 0.782. The van der Waals surface area contributed by atoms with Crippen LogP contribution in [0.25, 0.3) is 0 Å². The second-order valence-corrected chi connectivity index (χ2v) is 6.33. The molecular formula is C8H15F4NO2S. The van der Waals surface area contributed by atoms with Gasteiger partial charge in [-0.1, -0.05) is 0 Å². The van der Waals surface area contributed by atoms with E-state index in [0.717, 1.165) is 0 Å². The van der Waals surface area contributed by atoms with Gasteiger partial charge in [0.1, 0.15) is 0 Å². The van der Waals surface area contributed by atoms with Gasteiger partial charge in [0.15, 0.2) is 9.84 Å². The first kappa shape index (κ1) is 15.6. The van der Waals surface area contributed by atoms with E-state index >= 15 is 0 Å². The fourth-order valence-corrected chi connectivity index (χ4v) is 1.68. The molecular weight excluding hydrogens is 250 g/mol. The van der Waals surface area contributed by atoms with Crippen LogP contribution in [0, 0.1) is 0 Å². The van der Waals surface area contributed by atoms with Crippen molar-refractivity contribution in [1.29, 1.82) is 0 Å². The maximum atomic E-state index is 12.4. The molecule has 16 heavy (non-hydrogen) atoms. The van der Waals surface area contributed by atoms with Crippen molar-refractivity contribution in [3.8, 4) is 0 Å². The van der Waals surface area contributed by atoms with E-state index in [-0.39, 0.29) is 12.3 Å². The fraction of sp³-hybridized carbons (Fsp3) is 1.00. The number of hydrogen-bond acceptors (Lipinski definition) is 3. The van der Waals surface area contributed by atoms with Crippen molar-refractivity contribution in [3.63, 3.8) is 0 Å². The zero-order valence-corrected chi connectivity index (χ0v) is 9.83. The molecule has 0 aliphatic heterocycles. The monoisotopic (exact) mass is 265 g/mol. The minimum absolute atomic E-state index is 0.261. The smallest absolute Gasteiger partial charge is 0.310 e. The van der Waals surface area contributed by atoms with E-state index in [9.17, 15) is 26.0 Å². The average Bonchev–Trinajstić information content (AvgIpc) is 2.12. The van der Waals surface area contributed by atoms with E-state index in [4.69, 9.17) is 0 Å². The van der Waals surface area contributed by atoms with Gasteiger partial charge < -0.3 is 5.32 Å². The van der Waals surface area contributed by atoms with Crippen molar-refractivity contribution < 1.29 is 26.0 Å². The highest BCUT2D eigenvalue weighted by atomic mass is 32.2. The maximum Gasteiger partial charge on any atom is 0.319 e. The van der Waals surface area contributed by atoms with Crippen molar-refractivity contribution in [2.75, 3.05) is 18.8 Å². The summed E-state index contributed by atoms with van der Waals surface area (Å²) in [5, 5.41) is 1.40. The molecule has 0 saturated carbocycles. The molecule has 0 spiro atoms. The topological polar surface area (TPSA) is 46.2 Å². The molecule has 3 nitrogen and oxygen atoms in total. The maximum absolute atomic E-state index is 12.4. The lowest BCUT2D eigenvalue weighted by molar-refractivity contribution is -0.124. The van der Waals surface area contributed by atoms with Gasteiger partial charge in [0.05, 0.1) is 17.5 Å². The Morgan fingerprint density at radius 3 is 2.12 bits per heavy atom. The Labute approximate surface area is 92.1 Å². The van der Waals surface area contributed by atoms with Crippen LogP contribution < -0.4 is 5.32 Å². The van der Waals surface area contributed by atoms with Crippen molar-refractivity contribution in [1.82, 2.24) is 5.32 Å². The molecule has 0 heterocycles. The molecule has 0 aliphatic rings. The zero-order chi connectivity index (χ0) is 13.0. The summed E-state index contributed by atoms with van der Waals surface area (Å²) < 4.78 is 70.5. The molecule has 98 valence electrons. The summed E-state index contributed by atoms with van der Waals surface area (Å²) in [4.78, 5) is 0. The Morgan fingerprint density at radius 1 is 1.25 bits per heavy atom. The predicted molar refractivity (Wildman–Crippen MR) is 52.7 cm³/mol. The van der Waals surface area contributed by atoms with Crippen molar-refractivity contribution in [2.24, 2.45) is 0 Å². The Kier molecular flexibility index (Phi) is 5.67. The molecule has 0 aromatic heterocycles. The molecule has 0 bridgehead atoms. The van der Waals surface area contributed by atoms with Crippen LogP contribution in [0.4, 0.5) is 17.6 Å². The summed E-state index contributed by atoms with van der Waals surface area (Å²) in [5.41, 5.74) is 0. The van der Waals surface area contributed by atoms with Crippen LogP contribution in [0.3, 0.4) is 0 Å². The van der Waals surface area contributed by atoms with Gasteiger partial charge in [-0.25, -0.2) is 17.2 Å². The van der Waals surface area contributed by atoms with Crippen molar-refractivity contribution in [2.45, 2.75) is 31.4 Å². The van der Waals surface area contributed by atoms with Gasteiger partial charge in [-0.2, -0.15) is 8.78 Å². The molecule has 0 atom stereocenters. The van der Waals surface area contributed by atoms with Crippen LogP contribution in [0.15, 0.2) is 0 Å². The zero-order valence-electron chi connectivity index (χ0n) is 9.01. The molecule has 0 radical (unpaired) electrons. The molecule has 0 aromatic rings. The quantitative estimate of drug-likeness (QED) is 0.557. The first-order chi connectivity index (χ1) is 7.09. The second-order valence-electron chi connectivity index (χ2n) is 3.65. The van der Waals surface area contributed by atoms with Crippen LogP contribution in [-0.4, -0.2) is 44.9 Å². The van der Waals surface area contributed by atoms with Gasteiger partial charge in [0.2, 0.25) is 0 Å². The third-order valence-corrected chi connectivity index (χ3v) is 4.17. The molecule has 8 heteroatoms. The molecule has 0 amide bonds. The van der Waals surface area contributed by atoms with Gasteiger partial charge >= 0.3 is 12.3 Å². The summed E-state index contributed by atoms with van der Waals surface area (Å²) in [6, 6.07) is 0. The summed E-state index contributed by atoms with van der Waals surface area (Å²) >= 11 is 0. The van der Waals surface area contributed by atoms with Crippen molar-refractivity contribution >= 4 is 9.84 Å². The normalized spacial score (nSPS) is 13.8. The first-order valence-corrected chi connectivity index (χ1v) is 6.39. The summed E-state index contributed by atoms with van der Waals surface area (Å²) in [7, 11) is -3.33. The molecule has 0 aromatic carbocycles. The minimum Gasteiger partial charge on any atom is -0.310 e. The summed E-state index contributed by atoms with van der Waals surface area (Å²) in [5.74, 6) is -4.47. The first-order valence-electron chi connectivity index (χ1n) is 4.68. The van der Waals surface area contributed by atoms with E-state index in [1.807, 2.05) is 5.32 Å². The van der Waals surface area contributed by atoms with E-state index in [0.29, 0.717) is 0 Å². The number of sulfone groups is 1. The lowest BCUT2D eigenvalue weighted by Crippen LogP contribution is -2.40. The molecule has 0 fully saturated rings. The lowest BCUT2D eigenvalue weighted by atomic mass is 10.3. The van der Waals surface area contributed by atoms with Crippen LogP contribution in [-0.2, 0) is 9.84 Å². The van der Waals surface area contributed by atoms with Gasteiger partial charge in [-0.15, -0.1) is 0 Å². The molecule has 0 unspecified atom stereocenters. The average molecular weight is 265 g/mol. The van der Waals surface area contributed by atoms with Crippen molar-refractivity contribution in [3.05, 3.63) is 0 Å². The molecule has 0 saturated heterocycles. The molecule has 1 N–H and O–H groups in total. The SMILES string of the molecule is CC(C)S(=O)(=O)CCNCC(F)(F)C(F)F. The van der Waals surface area contributed by atoms with Crippen LogP contribution >= 0.6 is 0 Å². The lowest BCUT2D eigenvalue weighted by Gasteiger charge is -2.16. The summed E-state index contributed by atoms with van der Waals surface area (Å²) in [6.07, 6.45) is -3.75. The predicted octanol–water partition coefficient (Wildman–Crippen LogP) is 1.30. The third-order valence-electron chi connectivity index (χ3n) is 1.96. The standard InChI is InChI=1S/C8H15F4NO2S/c1-6(2)16(14,15)4-3-13-5-8(11,12)7(9)10/h6-7,13H,3-5H2,1-2H3. The highest BCUT2D eigenvalue weighted by molar-refractivity contribution is 7.92. The highest BCUT2D eigenvalue weighted by Crippen LogP contribution is 2.21. The van der Waals surface area contributed by atoms with Gasteiger partial charge in [0, 0.05) is 6.54 Å². The Bertz CT molecular complexity index is 303. The number of nitrogens with one attached hydrogen (secondary N) is 1. The number of halogens is 4. The van der Waals surface area contributed by atoms with Crippen LogP contribution in [0.1, 0.15) is 13.8 Å². The van der Waals surface area contributed by atoms with Gasteiger partial charge in [-0.3, -0.25) is 0 Å². The van der Waals surface area contributed by atoms with Gasteiger partial charge in [0.25, 0.3) is 0 Å². The summed E-state index contributed by atoms with van der Waals surface area (Å²) in [6.45, 7) is 1.44. The number of hydrogen-bond donors (Lipinski definition) is 1. The Hall–Kier alpha value is -0.370. The molecule has 0 rings (SSSR count). The van der Waals surface area contributed by atoms with E-state index in [1.54, 1.807) is 0 Å². The minimum atomic E-state index is -4.12. The van der Waals surface area contributed by atoms with Gasteiger partial charge in [-0.05, 0) is 13.8 Å². The highest BCUT2D eigenvalue weighted by Gasteiger charge is 2.40. The number of alkyl halides is 4. The largest absolute Gasteiger partial charge is 0.319 e. The van der Waals surface area contributed by atoms with E-state index < -0.39 is 34.0 Å². The molecule has 0 aliphatic carbocycles. The Morgan fingerprint density at radius 2 is 1.75 bits per heavy atom. The van der Waals surface area contributed by atoms with E-state index in [1.165, 1.54) is 13.8 Å². The Balaban J connectivity index is 3.95. The van der Waals surface area contributed by atoms with E-state index in [2.05, 4.69) is 0 Å². The van der Waals surface area contributed by atoms with Crippen LogP contribution in [0.2, 0.25) is 0 Å².